The van der Waals surface area contributed by atoms with E-state index in [-0.39, 0.29) is 5.91 Å². The molecule has 3 rings (SSSR count). The summed E-state index contributed by atoms with van der Waals surface area (Å²) in [6.07, 6.45) is 2.44. The van der Waals surface area contributed by atoms with Gasteiger partial charge in [-0.25, -0.2) is 4.98 Å². The van der Waals surface area contributed by atoms with Crippen molar-refractivity contribution in [1.29, 1.82) is 0 Å². The number of benzene rings is 1. The summed E-state index contributed by atoms with van der Waals surface area (Å²) in [6, 6.07) is 7.67. The molecule has 144 valence electrons. The van der Waals surface area contributed by atoms with Crippen molar-refractivity contribution in [2.45, 2.75) is 26.8 Å². The molecule has 0 bridgehead atoms. The standard InChI is InChI=1S/C21H27N3O3/c1-14(2)11-22-20-6-5-16(12-23-20)21(25)24-8-7-15-9-18(26-3)19(27-4)10-17(15)13-24/h5-6,9-10,12,14H,7-8,11,13H2,1-4H3,(H,22,23). The Bertz CT molecular complexity index is 803. The number of methoxy groups -OCH3 is 2. The molecule has 1 aromatic carbocycles. The van der Waals surface area contributed by atoms with Crippen LogP contribution in [0.5, 0.6) is 11.5 Å². The van der Waals surface area contributed by atoms with Crippen LogP contribution in [0.4, 0.5) is 5.82 Å². The van der Waals surface area contributed by atoms with Gasteiger partial charge in [0.05, 0.1) is 19.8 Å². The number of hydrogen-bond acceptors (Lipinski definition) is 5. The summed E-state index contributed by atoms with van der Waals surface area (Å²) < 4.78 is 10.8. The third kappa shape index (κ3) is 4.32. The molecule has 6 nitrogen and oxygen atoms in total. The molecular formula is C21H27N3O3. The number of carbonyl (C=O) groups excluding carboxylic acids is 1. The quantitative estimate of drug-likeness (QED) is 0.846. The number of rotatable bonds is 6. The number of amides is 1. The van der Waals surface area contributed by atoms with Crippen LogP contribution < -0.4 is 14.8 Å². The van der Waals surface area contributed by atoms with Crippen molar-refractivity contribution in [3.05, 3.63) is 47.2 Å². The second-order valence-electron chi connectivity index (χ2n) is 7.16. The maximum Gasteiger partial charge on any atom is 0.255 e. The van der Waals surface area contributed by atoms with Gasteiger partial charge in [-0.2, -0.15) is 0 Å². The third-order valence-corrected chi connectivity index (χ3v) is 4.71. The van der Waals surface area contributed by atoms with Gasteiger partial charge in [0.25, 0.3) is 5.91 Å². The number of carbonyl (C=O) groups is 1. The van der Waals surface area contributed by atoms with E-state index in [0.717, 1.165) is 30.1 Å². The molecule has 0 unspecified atom stereocenters. The summed E-state index contributed by atoms with van der Waals surface area (Å²) in [5.74, 6) is 2.74. The maximum atomic E-state index is 12.9. The Hall–Kier alpha value is -2.76. The molecule has 0 aliphatic carbocycles. The summed E-state index contributed by atoms with van der Waals surface area (Å²) in [5, 5.41) is 3.26. The monoisotopic (exact) mass is 369 g/mol. The van der Waals surface area contributed by atoms with Crippen LogP contribution in [0.2, 0.25) is 0 Å². The van der Waals surface area contributed by atoms with E-state index in [9.17, 15) is 4.79 Å². The normalized spacial score (nSPS) is 13.3. The molecule has 0 saturated heterocycles. The Morgan fingerprint density at radius 3 is 2.48 bits per heavy atom. The molecule has 2 aromatic rings. The van der Waals surface area contributed by atoms with Gasteiger partial charge < -0.3 is 19.7 Å². The van der Waals surface area contributed by atoms with Crippen molar-refractivity contribution in [2.24, 2.45) is 5.92 Å². The zero-order valence-corrected chi connectivity index (χ0v) is 16.4. The van der Waals surface area contributed by atoms with E-state index < -0.39 is 0 Å². The number of fused-ring (bicyclic) bond motifs is 1. The van der Waals surface area contributed by atoms with Gasteiger partial charge in [0.1, 0.15) is 5.82 Å². The third-order valence-electron chi connectivity index (χ3n) is 4.71. The lowest BCUT2D eigenvalue weighted by atomic mass is 9.98. The summed E-state index contributed by atoms with van der Waals surface area (Å²) in [6.45, 7) is 6.37. The number of anilines is 1. The number of hydrogen-bond donors (Lipinski definition) is 1. The summed E-state index contributed by atoms with van der Waals surface area (Å²) in [4.78, 5) is 19.1. The molecule has 0 atom stereocenters. The van der Waals surface area contributed by atoms with E-state index in [1.165, 1.54) is 5.56 Å². The highest BCUT2D eigenvalue weighted by Crippen LogP contribution is 2.33. The van der Waals surface area contributed by atoms with Gasteiger partial charge in [0.15, 0.2) is 11.5 Å². The van der Waals surface area contributed by atoms with Gasteiger partial charge in [0, 0.05) is 25.8 Å². The van der Waals surface area contributed by atoms with Crippen LogP contribution in [0.15, 0.2) is 30.5 Å². The summed E-state index contributed by atoms with van der Waals surface area (Å²) >= 11 is 0. The number of aromatic nitrogens is 1. The van der Waals surface area contributed by atoms with E-state index in [4.69, 9.17) is 9.47 Å². The largest absolute Gasteiger partial charge is 0.493 e. The van der Waals surface area contributed by atoms with Gasteiger partial charge in [-0.15, -0.1) is 0 Å². The van der Waals surface area contributed by atoms with E-state index in [2.05, 4.69) is 24.1 Å². The van der Waals surface area contributed by atoms with Gasteiger partial charge in [-0.3, -0.25) is 4.79 Å². The van der Waals surface area contributed by atoms with E-state index in [1.54, 1.807) is 20.4 Å². The Morgan fingerprint density at radius 2 is 1.89 bits per heavy atom. The predicted octanol–water partition coefficient (Wildman–Crippen LogP) is 3.37. The minimum Gasteiger partial charge on any atom is -0.493 e. The van der Waals surface area contributed by atoms with Crippen molar-refractivity contribution < 1.29 is 14.3 Å². The molecule has 27 heavy (non-hydrogen) atoms. The molecule has 0 radical (unpaired) electrons. The van der Waals surface area contributed by atoms with Crippen LogP contribution in [-0.4, -0.2) is 43.1 Å². The minimum atomic E-state index is -0.00153. The zero-order valence-electron chi connectivity index (χ0n) is 16.4. The van der Waals surface area contributed by atoms with E-state index in [0.29, 0.717) is 30.3 Å². The second kappa shape index (κ2) is 8.29. The molecule has 0 fully saturated rings. The Balaban J connectivity index is 1.72. The number of nitrogens with zero attached hydrogens (tertiary/aromatic N) is 2. The van der Waals surface area contributed by atoms with Crippen LogP contribution in [0, 0.1) is 5.92 Å². The lowest BCUT2D eigenvalue weighted by Crippen LogP contribution is -2.36. The molecule has 0 spiro atoms. The molecular weight excluding hydrogens is 342 g/mol. The van der Waals surface area contributed by atoms with Gasteiger partial charge >= 0.3 is 0 Å². The van der Waals surface area contributed by atoms with Crippen LogP contribution in [0.25, 0.3) is 0 Å². The smallest absolute Gasteiger partial charge is 0.255 e. The molecule has 1 aromatic heterocycles. The zero-order chi connectivity index (χ0) is 19.4. The average molecular weight is 369 g/mol. The van der Waals surface area contributed by atoms with Crippen LogP contribution in [0.1, 0.15) is 35.3 Å². The Morgan fingerprint density at radius 1 is 1.19 bits per heavy atom. The Labute approximate surface area is 160 Å². The molecule has 1 aliphatic rings. The topological polar surface area (TPSA) is 63.7 Å². The number of pyridine rings is 1. The lowest BCUT2D eigenvalue weighted by molar-refractivity contribution is 0.0734. The fourth-order valence-electron chi connectivity index (χ4n) is 3.17. The summed E-state index contributed by atoms with van der Waals surface area (Å²) in [7, 11) is 3.26. The first-order chi connectivity index (χ1) is 13.0. The number of nitrogens with one attached hydrogen (secondary N) is 1. The van der Waals surface area contributed by atoms with Gasteiger partial charge in [0.2, 0.25) is 0 Å². The van der Waals surface area contributed by atoms with Gasteiger partial charge in [-0.1, -0.05) is 13.8 Å². The lowest BCUT2D eigenvalue weighted by Gasteiger charge is -2.29. The van der Waals surface area contributed by atoms with Crippen LogP contribution >= 0.6 is 0 Å². The first-order valence-corrected chi connectivity index (χ1v) is 9.24. The summed E-state index contributed by atoms with van der Waals surface area (Å²) in [5.41, 5.74) is 2.90. The van der Waals surface area contributed by atoms with Crippen molar-refractivity contribution >= 4 is 11.7 Å². The minimum absolute atomic E-state index is 0.00153. The number of ether oxygens (including phenoxy) is 2. The molecule has 6 heteroatoms. The highest BCUT2D eigenvalue weighted by atomic mass is 16.5. The molecule has 1 amide bonds. The predicted molar refractivity (Wildman–Crippen MR) is 106 cm³/mol. The van der Waals surface area contributed by atoms with Gasteiger partial charge in [-0.05, 0) is 47.7 Å². The van der Waals surface area contributed by atoms with Crippen molar-refractivity contribution in [1.82, 2.24) is 9.88 Å². The average Bonchev–Trinajstić information content (AvgIpc) is 2.70. The van der Waals surface area contributed by atoms with Crippen LogP contribution in [-0.2, 0) is 13.0 Å². The van der Waals surface area contributed by atoms with Crippen molar-refractivity contribution in [2.75, 3.05) is 32.6 Å². The maximum absolute atomic E-state index is 12.9. The van der Waals surface area contributed by atoms with Crippen LogP contribution in [0.3, 0.4) is 0 Å². The van der Waals surface area contributed by atoms with Crippen molar-refractivity contribution in [3.8, 4) is 11.5 Å². The van der Waals surface area contributed by atoms with E-state index in [1.807, 2.05) is 29.2 Å². The highest BCUT2D eigenvalue weighted by Gasteiger charge is 2.24. The molecule has 1 N–H and O–H groups in total. The second-order valence-corrected chi connectivity index (χ2v) is 7.16. The fourth-order valence-corrected chi connectivity index (χ4v) is 3.17. The molecule has 0 saturated carbocycles. The van der Waals surface area contributed by atoms with E-state index >= 15 is 0 Å². The SMILES string of the molecule is COc1cc2c(cc1OC)CN(C(=O)c1ccc(NCC(C)C)nc1)CC2. The van der Waals surface area contributed by atoms with Crippen molar-refractivity contribution in [3.63, 3.8) is 0 Å². The first kappa shape index (κ1) is 19.0. The first-order valence-electron chi connectivity index (χ1n) is 9.24. The highest BCUT2D eigenvalue weighted by molar-refractivity contribution is 5.94. The molecule has 1 aliphatic heterocycles. The molecule has 2 heterocycles. The Kier molecular flexibility index (Phi) is 5.84. The fraction of sp³-hybridized carbons (Fsp3) is 0.429.